The van der Waals surface area contributed by atoms with Gasteiger partial charge in [-0.3, -0.25) is 0 Å². The average molecular weight is 316 g/mol. The summed E-state index contributed by atoms with van der Waals surface area (Å²) in [6.07, 6.45) is -0.452. The molecule has 1 amide bonds. The number of ether oxygens (including phenoxy) is 1. The molecule has 0 N–H and O–H groups in total. The summed E-state index contributed by atoms with van der Waals surface area (Å²) in [7, 11) is 5.10. The molecule has 0 unspecified atom stereocenters. The molecule has 0 saturated heterocycles. The van der Waals surface area contributed by atoms with E-state index in [-0.39, 0.29) is 5.88 Å². The Morgan fingerprint density at radius 1 is 1.41 bits per heavy atom. The minimum Gasteiger partial charge on any atom is -0.391 e. The van der Waals surface area contributed by atoms with Crippen LogP contribution >= 0.6 is 11.3 Å². The van der Waals surface area contributed by atoms with Gasteiger partial charge in [-0.25, -0.2) is 9.48 Å². The summed E-state index contributed by atoms with van der Waals surface area (Å²) in [4.78, 5) is 18.6. The second-order valence-electron chi connectivity index (χ2n) is 5.19. The summed E-state index contributed by atoms with van der Waals surface area (Å²) in [5.41, 5.74) is 2.58. The molecule has 0 aromatic carbocycles. The lowest BCUT2D eigenvalue weighted by molar-refractivity contribution is 0.170. The first-order valence-corrected chi connectivity index (χ1v) is 7.62. The van der Waals surface area contributed by atoms with E-state index >= 15 is 0 Å². The monoisotopic (exact) mass is 316 g/mol. The molecule has 114 valence electrons. The fraction of sp³-hybridized carbons (Fsp3) is 0.267. The first kappa shape index (κ1) is 14.5. The van der Waals surface area contributed by atoms with E-state index in [1.807, 2.05) is 31.5 Å². The summed E-state index contributed by atoms with van der Waals surface area (Å²) in [6, 6.07) is 5.80. The maximum absolute atomic E-state index is 11.7. The molecule has 22 heavy (non-hydrogen) atoms. The molecule has 0 aliphatic carbocycles. The molecular weight excluding hydrogens is 300 g/mol. The third-order valence-corrected chi connectivity index (χ3v) is 4.16. The topological polar surface area (TPSA) is 60.2 Å². The standard InChI is InChI=1S/C15H16N4O2S/c1-9-8-11(21-15(20)18(2)3)16-14-12(9)13(17-19(14)4)10-6-5-7-22-10/h5-8H,1-4H3. The van der Waals surface area contributed by atoms with Crippen LogP contribution in [0, 0.1) is 6.92 Å². The van der Waals surface area contributed by atoms with E-state index in [2.05, 4.69) is 10.1 Å². The van der Waals surface area contributed by atoms with Crippen LogP contribution in [-0.4, -0.2) is 39.9 Å². The first-order valence-electron chi connectivity index (χ1n) is 6.74. The Morgan fingerprint density at radius 3 is 2.82 bits per heavy atom. The van der Waals surface area contributed by atoms with Gasteiger partial charge in [-0.1, -0.05) is 6.07 Å². The van der Waals surface area contributed by atoms with Crippen molar-refractivity contribution < 1.29 is 9.53 Å². The number of pyridine rings is 1. The van der Waals surface area contributed by atoms with Crippen LogP contribution < -0.4 is 4.74 Å². The molecule has 0 fully saturated rings. The number of carbonyl (C=O) groups excluding carboxylic acids is 1. The molecule has 3 heterocycles. The molecule has 0 aliphatic heterocycles. The molecule has 3 rings (SSSR count). The van der Waals surface area contributed by atoms with Gasteiger partial charge in [0.25, 0.3) is 0 Å². The summed E-state index contributed by atoms with van der Waals surface area (Å²) in [6.45, 7) is 1.97. The highest BCUT2D eigenvalue weighted by Gasteiger charge is 2.18. The van der Waals surface area contributed by atoms with Crippen molar-refractivity contribution in [2.75, 3.05) is 14.1 Å². The van der Waals surface area contributed by atoms with Gasteiger partial charge in [-0.15, -0.1) is 11.3 Å². The van der Waals surface area contributed by atoms with E-state index in [1.54, 1.807) is 36.2 Å². The van der Waals surface area contributed by atoms with Crippen molar-refractivity contribution in [2.24, 2.45) is 7.05 Å². The smallest absolute Gasteiger partial charge is 0.391 e. The van der Waals surface area contributed by atoms with Crippen molar-refractivity contribution in [3.8, 4) is 16.5 Å². The van der Waals surface area contributed by atoms with Crippen molar-refractivity contribution in [1.82, 2.24) is 19.7 Å². The molecular formula is C15H16N4O2S. The Kier molecular flexibility index (Phi) is 3.58. The summed E-state index contributed by atoms with van der Waals surface area (Å²) >= 11 is 1.64. The highest BCUT2D eigenvalue weighted by molar-refractivity contribution is 7.13. The Morgan fingerprint density at radius 2 is 2.18 bits per heavy atom. The second kappa shape index (κ2) is 5.42. The third kappa shape index (κ3) is 2.43. The maximum Gasteiger partial charge on any atom is 0.416 e. The normalized spacial score (nSPS) is 10.9. The van der Waals surface area contributed by atoms with E-state index in [4.69, 9.17) is 4.74 Å². The van der Waals surface area contributed by atoms with Gasteiger partial charge >= 0.3 is 6.09 Å². The highest BCUT2D eigenvalue weighted by Crippen LogP contribution is 2.33. The van der Waals surface area contributed by atoms with Crippen molar-refractivity contribution >= 4 is 28.5 Å². The van der Waals surface area contributed by atoms with Crippen LogP contribution in [-0.2, 0) is 7.05 Å². The Bertz CT molecular complexity index is 837. The van der Waals surface area contributed by atoms with Gasteiger partial charge in [0.1, 0.15) is 5.69 Å². The van der Waals surface area contributed by atoms with Crippen LogP contribution in [0.5, 0.6) is 5.88 Å². The molecule has 0 bridgehead atoms. The Balaban J connectivity index is 2.12. The molecule has 0 atom stereocenters. The molecule has 6 nitrogen and oxygen atoms in total. The summed E-state index contributed by atoms with van der Waals surface area (Å²) < 4.78 is 6.97. The Labute approximate surface area is 131 Å². The zero-order valence-electron chi connectivity index (χ0n) is 12.8. The number of fused-ring (bicyclic) bond motifs is 1. The number of aromatic nitrogens is 3. The summed E-state index contributed by atoms with van der Waals surface area (Å²) in [5.74, 6) is 0.282. The molecule has 3 aromatic heterocycles. The lowest BCUT2D eigenvalue weighted by Crippen LogP contribution is -2.25. The second-order valence-corrected chi connectivity index (χ2v) is 6.14. The number of nitrogens with zero attached hydrogens (tertiary/aromatic N) is 4. The van der Waals surface area contributed by atoms with Crippen LogP contribution in [0.4, 0.5) is 4.79 Å². The van der Waals surface area contributed by atoms with Crippen LogP contribution in [0.2, 0.25) is 0 Å². The lowest BCUT2D eigenvalue weighted by Gasteiger charge is -2.10. The number of rotatable bonds is 2. The number of aryl methyl sites for hydroxylation is 2. The number of hydrogen-bond donors (Lipinski definition) is 0. The van der Waals surface area contributed by atoms with Crippen LogP contribution in [0.3, 0.4) is 0 Å². The van der Waals surface area contributed by atoms with Gasteiger partial charge in [-0.05, 0) is 23.9 Å². The lowest BCUT2D eigenvalue weighted by atomic mass is 10.1. The van der Waals surface area contributed by atoms with Gasteiger partial charge in [0.05, 0.1) is 10.3 Å². The van der Waals surface area contributed by atoms with Crippen molar-refractivity contribution in [3.63, 3.8) is 0 Å². The van der Waals surface area contributed by atoms with Crippen LogP contribution in [0.15, 0.2) is 23.6 Å². The quantitative estimate of drug-likeness (QED) is 0.729. The predicted octanol–water partition coefficient (Wildman–Crippen LogP) is 3.07. The maximum atomic E-state index is 11.7. The number of amides is 1. The van der Waals surface area contributed by atoms with Crippen LogP contribution in [0.25, 0.3) is 21.6 Å². The minimum absolute atomic E-state index is 0.282. The van der Waals surface area contributed by atoms with E-state index in [9.17, 15) is 4.79 Å². The molecule has 7 heteroatoms. The molecule has 0 radical (unpaired) electrons. The van der Waals surface area contributed by atoms with E-state index < -0.39 is 6.09 Å². The molecule has 0 aliphatic rings. The van der Waals surface area contributed by atoms with Gasteiger partial charge in [0.15, 0.2) is 5.65 Å². The van der Waals surface area contributed by atoms with Gasteiger partial charge in [-0.2, -0.15) is 10.1 Å². The zero-order valence-corrected chi connectivity index (χ0v) is 13.6. The fourth-order valence-corrected chi connectivity index (χ4v) is 2.93. The third-order valence-electron chi connectivity index (χ3n) is 3.28. The first-order chi connectivity index (χ1) is 10.5. The minimum atomic E-state index is -0.452. The van der Waals surface area contributed by atoms with Crippen LogP contribution in [0.1, 0.15) is 5.56 Å². The summed E-state index contributed by atoms with van der Waals surface area (Å²) in [5, 5.41) is 7.56. The Hall–Kier alpha value is -2.41. The molecule has 3 aromatic rings. The van der Waals surface area contributed by atoms with E-state index in [0.29, 0.717) is 5.65 Å². The SMILES string of the molecule is Cc1cc(OC(=O)N(C)C)nc2c1c(-c1cccs1)nn2C. The van der Waals surface area contributed by atoms with Crippen molar-refractivity contribution in [2.45, 2.75) is 6.92 Å². The average Bonchev–Trinajstić information content (AvgIpc) is 3.07. The number of carbonyl (C=O) groups is 1. The van der Waals surface area contributed by atoms with E-state index in [1.165, 1.54) is 4.90 Å². The van der Waals surface area contributed by atoms with E-state index in [0.717, 1.165) is 21.5 Å². The van der Waals surface area contributed by atoms with Gasteiger partial charge in [0, 0.05) is 27.2 Å². The van der Waals surface area contributed by atoms with Crippen molar-refractivity contribution in [1.29, 1.82) is 0 Å². The number of hydrogen-bond acceptors (Lipinski definition) is 5. The fourth-order valence-electron chi connectivity index (χ4n) is 2.22. The van der Waals surface area contributed by atoms with Crippen molar-refractivity contribution in [3.05, 3.63) is 29.1 Å². The molecule has 0 saturated carbocycles. The van der Waals surface area contributed by atoms with Gasteiger partial charge in [0.2, 0.25) is 5.88 Å². The zero-order chi connectivity index (χ0) is 15.9. The molecule has 0 spiro atoms. The largest absolute Gasteiger partial charge is 0.416 e. The predicted molar refractivity (Wildman–Crippen MR) is 86.3 cm³/mol. The highest BCUT2D eigenvalue weighted by atomic mass is 32.1. The van der Waals surface area contributed by atoms with Gasteiger partial charge < -0.3 is 9.64 Å². The number of thiophene rings is 1.